The Morgan fingerprint density at radius 1 is 1.75 bits per heavy atom. The Hall–Kier alpha value is -0.190. The standard InChI is InChI=1S/C6H9ClO/c1-4-5-8-6(2,3)7/h1H,5H2,2-3H3. The predicted octanol–water partition coefficient (Wildman–Crippen LogP) is 1.61. The summed E-state index contributed by atoms with van der Waals surface area (Å²) in [5, 5.41) is -0.619. The van der Waals surface area contributed by atoms with E-state index in [-0.39, 0.29) is 6.61 Å². The summed E-state index contributed by atoms with van der Waals surface area (Å²) in [4.78, 5) is 0. The summed E-state index contributed by atoms with van der Waals surface area (Å²) in [5.41, 5.74) is 0. The van der Waals surface area contributed by atoms with Crippen LogP contribution in [0.2, 0.25) is 0 Å². The number of rotatable bonds is 2. The van der Waals surface area contributed by atoms with Crippen LogP contribution in [-0.2, 0) is 4.74 Å². The highest BCUT2D eigenvalue weighted by Gasteiger charge is 2.10. The zero-order chi connectivity index (χ0) is 6.62. The van der Waals surface area contributed by atoms with Crippen molar-refractivity contribution < 1.29 is 4.74 Å². The van der Waals surface area contributed by atoms with Crippen LogP contribution in [0.5, 0.6) is 0 Å². The summed E-state index contributed by atoms with van der Waals surface area (Å²) in [6, 6.07) is 0. The molecule has 8 heavy (non-hydrogen) atoms. The van der Waals surface area contributed by atoms with Crippen molar-refractivity contribution >= 4 is 11.6 Å². The average molecular weight is 133 g/mol. The van der Waals surface area contributed by atoms with Crippen LogP contribution in [0.15, 0.2) is 0 Å². The molecular formula is C6H9ClO. The van der Waals surface area contributed by atoms with Crippen molar-refractivity contribution in [2.45, 2.75) is 18.9 Å². The molecule has 0 aromatic heterocycles. The second kappa shape index (κ2) is 2.96. The van der Waals surface area contributed by atoms with Gasteiger partial charge in [0.15, 0.2) is 0 Å². The predicted molar refractivity (Wildman–Crippen MR) is 34.7 cm³/mol. The molecule has 0 spiro atoms. The quantitative estimate of drug-likeness (QED) is 0.410. The van der Waals surface area contributed by atoms with Crippen LogP contribution < -0.4 is 0 Å². The van der Waals surface area contributed by atoms with Crippen molar-refractivity contribution in [1.82, 2.24) is 0 Å². The van der Waals surface area contributed by atoms with Crippen molar-refractivity contribution in [1.29, 1.82) is 0 Å². The van der Waals surface area contributed by atoms with E-state index in [2.05, 4.69) is 5.92 Å². The van der Waals surface area contributed by atoms with Gasteiger partial charge in [-0.05, 0) is 13.8 Å². The maximum absolute atomic E-state index is 5.59. The lowest BCUT2D eigenvalue weighted by Crippen LogP contribution is -2.15. The minimum atomic E-state index is -0.619. The van der Waals surface area contributed by atoms with E-state index in [0.29, 0.717) is 0 Å². The van der Waals surface area contributed by atoms with E-state index in [9.17, 15) is 0 Å². The van der Waals surface area contributed by atoms with Gasteiger partial charge in [-0.2, -0.15) is 0 Å². The van der Waals surface area contributed by atoms with Gasteiger partial charge in [0.05, 0.1) is 0 Å². The van der Waals surface area contributed by atoms with Crippen LogP contribution in [0, 0.1) is 12.3 Å². The van der Waals surface area contributed by atoms with Crippen molar-refractivity contribution in [3.05, 3.63) is 0 Å². The average Bonchev–Trinajstić information content (AvgIpc) is 1.59. The Morgan fingerprint density at radius 2 is 2.25 bits per heavy atom. The topological polar surface area (TPSA) is 9.23 Å². The van der Waals surface area contributed by atoms with E-state index in [1.54, 1.807) is 13.8 Å². The molecule has 1 nitrogen and oxygen atoms in total. The van der Waals surface area contributed by atoms with E-state index < -0.39 is 5.06 Å². The first-order chi connectivity index (χ1) is 3.56. The summed E-state index contributed by atoms with van der Waals surface area (Å²) in [6.45, 7) is 3.76. The van der Waals surface area contributed by atoms with Gasteiger partial charge in [-0.3, -0.25) is 0 Å². The highest BCUT2D eigenvalue weighted by molar-refractivity contribution is 6.22. The molecule has 0 saturated carbocycles. The molecule has 2 heteroatoms. The summed E-state index contributed by atoms with van der Waals surface area (Å²) >= 11 is 5.59. The van der Waals surface area contributed by atoms with Crippen LogP contribution in [0.3, 0.4) is 0 Å². The molecule has 0 aliphatic carbocycles. The molecular weight excluding hydrogens is 124 g/mol. The third-order valence-corrected chi connectivity index (χ3v) is 0.608. The minimum Gasteiger partial charge on any atom is -0.348 e. The van der Waals surface area contributed by atoms with Crippen LogP contribution in [0.4, 0.5) is 0 Å². The normalized spacial score (nSPS) is 10.8. The van der Waals surface area contributed by atoms with Gasteiger partial charge in [0.25, 0.3) is 0 Å². The highest BCUT2D eigenvalue weighted by atomic mass is 35.5. The zero-order valence-electron chi connectivity index (χ0n) is 5.07. The number of hydrogen-bond donors (Lipinski definition) is 0. The van der Waals surface area contributed by atoms with Crippen molar-refractivity contribution in [3.8, 4) is 12.3 Å². The second-order valence-electron chi connectivity index (χ2n) is 1.86. The van der Waals surface area contributed by atoms with E-state index >= 15 is 0 Å². The first-order valence-corrected chi connectivity index (χ1v) is 2.70. The molecule has 46 valence electrons. The number of hydrogen-bond acceptors (Lipinski definition) is 1. The highest BCUT2D eigenvalue weighted by Crippen LogP contribution is 2.12. The van der Waals surface area contributed by atoms with E-state index in [0.717, 1.165) is 0 Å². The van der Waals surface area contributed by atoms with Gasteiger partial charge in [-0.15, -0.1) is 6.42 Å². The fourth-order valence-electron chi connectivity index (χ4n) is 0.213. The zero-order valence-corrected chi connectivity index (χ0v) is 5.83. The summed E-state index contributed by atoms with van der Waals surface area (Å²) in [5.74, 6) is 2.32. The molecule has 0 fully saturated rings. The van der Waals surface area contributed by atoms with Crippen LogP contribution >= 0.6 is 11.6 Å². The molecule has 0 bridgehead atoms. The Balaban J connectivity index is 3.28. The molecule has 0 amide bonds. The molecule has 0 aliphatic heterocycles. The Morgan fingerprint density at radius 3 is 2.38 bits per heavy atom. The lowest BCUT2D eigenvalue weighted by atomic mass is 10.5. The molecule has 0 heterocycles. The maximum Gasteiger partial charge on any atom is 0.137 e. The summed E-state index contributed by atoms with van der Waals surface area (Å²) in [6.07, 6.45) is 4.90. The van der Waals surface area contributed by atoms with Crippen molar-refractivity contribution in [2.24, 2.45) is 0 Å². The smallest absolute Gasteiger partial charge is 0.137 e. The number of halogens is 1. The Labute approximate surface area is 55.0 Å². The van der Waals surface area contributed by atoms with E-state index in [1.165, 1.54) is 0 Å². The Kier molecular flexibility index (Phi) is 2.89. The maximum atomic E-state index is 5.59. The SMILES string of the molecule is C#CCOC(C)(C)Cl. The number of alkyl halides is 1. The number of ether oxygens (including phenoxy) is 1. The minimum absolute atomic E-state index is 0.274. The van der Waals surface area contributed by atoms with Crippen LogP contribution in [-0.4, -0.2) is 11.7 Å². The first kappa shape index (κ1) is 7.81. The molecule has 0 rings (SSSR count). The van der Waals surface area contributed by atoms with Crippen LogP contribution in [0.25, 0.3) is 0 Å². The third-order valence-electron chi connectivity index (χ3n) is 0.499. The molecule has 0 unspecified atom stereocenters. The monoisotopic (exact) mass is 132 g/mol. The molecule has 0 N–H and O–H groups in total. The molecule has 0 atom stereocenters. The second-order valence-corrected chi connectivity index (χ2v) is 2.77. The van der Waals surface area contributed by atoms with Crippen LogP contribution in [0.1, 0.15) is 13.8 Å². The molecule has 0 aromatic carbocycles. The fourth-order valence-corrected chi connectivity index (χ4v) is 0.268. The summed E-state index contributed by atoms with van der Waals surface area (Å²) in [7, 11) is 0. The lowest BCUT2D eigenvalue weighted by molar-refractivity contribution is 0.0714. The van der Waals surface area contributed by atoms with Gasteiger partial charge in [-0.1, -0.05) is 17.5 Å². The van der Waals surface area contributed by atoms with Crippen molar-refractivity contribution in [2.75, 3.05) is 6.61 Å². The van der Waals surface area contributed by atoms with Gasteiger partial charge >= 0.3 is 0 Å². The molecule has 0 aliphatic rings. The van der Waals surface area contributed by atoms with E-state index in [4.69, 9.17) is 22.8 Å². The van der Waals surface area contributed by atoms with Gasteiger partial charge in [-0.25, -0.2) is 0 Å². The van der Waals surface area contributed by atoms with E-state index in [1.807, 2.05) is 0 Å². The van der Waals surface area contributed by atoms with Gasteiger partial charge < -0.3 is 4.74 Å². The molecule has 0 radical (unpaired) electrons. The first-order valence-electron chi connectivity index (χ1n) is 2.32. The Bertz CT molecular complexity index is 96.1. The van der Waals surface area contributed by atoms with Crippen molar-refractivity contribution in [3.63, 3.8) is 0 Å². The van der Waals surface area contributed by atoms with Gasteiger partial charge in [0.1, 0.15) is 11.7 Å². The van der Waals surface area contributed by atoms with Gasteiger partial charge in [0, 0.05) is 0 Å². The fraction of sp³-hybridized carbons (Fsp3) is 0.667. The largest absolute Gasteiger partial charge is 0.348 e. The molecule has 0 aromatic rings. The molecule has 0 saturated heterocycles. The number of terminal acetylenes is 1. The van der Waals surface area contributed by atoms with Gasteiger partial charge in [0.2, 0.25) is 0 Å². The lowest BCUT2D eigenvalue weighted by Gasteiger charge is -2.13. The third kappa shape index (κ3) is 5.81. The summed E-state index contributed by atoms with van der Waals surface area (Å²) < 4.78 is 4.91.